The van der Waals surface area contributed by atoms with Gasteiger partial charge in [-0.3, -0.25) is 4.79 Å². The van der Waals surface area contributed by atoms with Crippen molar-refractivity contribution in [2.75, 3.05) is 6.61 Å². The third-order valence-corrected chi connectivity index (χ3v) is 3.49. The molecule has 114 valence electrons. The normalized spacial score (nSPS) is 41.2. The number of aliphatic hydroxyl groups is 3. The minimum absolute atomic E-state index is 0.390. The van der Waals surface area contributed by atoms with Gasteiger partial charge in [0.1, 0.15) is 18.3 Å². The maximum Gasteiger partial charge on any atom is 0.364 e. The largest absolute Gasteiger partial charge is 0.477 e. The second-order valence-electron chi connectivity index (χ2n) is 4.97. The quantitative estimate of drug-likeness (QED) is 0.373. The third-order valence-electron chi connectivity index (χ3n) is 3.49. The van der Waals surface area contributed by atoms with E-state index in [4.69, 9.17) is 14.6 Å². The van der Waals surface area contributed by atoms with E-state index in [9.17, 15) is 24.9 Å². The van der Waals surface area contributed by atoms with Gasteiger partial charge in [-0.1, -0.05) is 0 Å². The molecule has 2 saturated heterocycles. The van der Waals surface area contributed by atoms with Crippen LogP contribution in [0.15, 0.2) is 0 Å². The van der Waals surface area contributed by atoms with Gasteiger partial charge >= 0.3 is 5.97 Å². The predicted octanol–water partition coefficient (Wildman–Crippen LogP) is -2.83. The van der Waals surface area contributed by atoms with Crippen molar-refractivity contribution in [2.24, 2.45) is 0 Å². The lowest BCUT2D eigenvalue weighted by Gasteiger charge is -2.37. The number of aliphatic hydroxyl groups excluding tert-OH is 3. The molecule has 2 heterocycles. The van der Waals surface area contributed by atoms with Crippen LogP contribution in [0, 0.1) is 0 Å². The molecule has 0 aromatic rings. The standard InChI is InChI=1S/C11H17NO8/c1-4(14)12-7-5(15)2-11(10(17)18)19-8(6(16)3-13)9(7)20-11/h5-9,13,15-16H,2-3H2,1H3,(H,12,14)(H,17,18)/t5-,6+,7+,8+,9+,11+/m0/s1. The Morgan fingerprint density at radius 2 is 2.10 bits per heavy atom. The number of ether oxygens (including phenoxy) is 2. The van der Waals surface area contributed by atoms with E-state index in [0.717, 1.165) is 0 Å². The first-order valence-corrected chi connectivity index (χ1v) is 6.14. The van der Waals surface area contributed by atoms with E-state index in [1.54, 1.807) is 0 Å². The van der Waals surface area contributed by atoms with Gasteiger partial charge in [-0.2, -0.15) is 0 Å². The van der Waals surface area contributed by atoms with Crippen LogP contribution in [-0.2, 0) is 19.1 Å². The average molecular weight is 291 g/mol. The fourth-order valence-electron chi connectivity index (χ4n) is 2.60. The third kappa shape index (κ3) is 2.38. The smallest absolute Gasteiger partial charge is 0.364 e. The van der Waals surface area contributed by atoms with Crippen molar-refractivity contribution >= 4 is 11.9 Å². The Bertz CT molecular complexity index is 415. The van der Waals surface area contributed by atoms with Crippen LogP contribution in [0.2, 0.25) is 0 Å². The molecule has 2 bridgehead atoms. The number of amides is 1. The highest BCUT2D eigenvalue weighted by Crippen LogP contribution is 2.41. The summed E-state index contributed by atoms with van der Waals surface area (Å²) in [5.74, 6) is -3.94. The van der Waals surface area contributed by atoms with Crippen molar-refractivity contribution in [1.82, 2.24) is 5.32 Å². The van der Waals surface area contributed by atoms with Gasteiger partial charge < -0.3 is 35.2 Å². The molecule has 0 radical (unpaired) electrons. The predicted molar refractivity (Wildman–Crippen MR) is 61.4 cm³/mol. The van der Waals surface area contributed by atoms with E-state index >= 15 is 0 Å². The summed E-state index contributed by atoms with van der Waals surface area (Å²) in [4.78, 5) is 22.4. The number of aliphatic carboxylic acids is 1. The first-order chi connectivity index (χ1) is 9.30. The molecular weight excluding hydrogens is 274 g/mol. The molecule has 2 aliphatic heterocycles. The zero-order chi connectivity index (χ0) is 15.1. The molecule has 6 atom stereocenters. The number of nitrogens with one attached hydrogen (secondary N) is 1. The van der Waals surface area contributed by atoms with E-state index in [1.807, 2.05) is 0 Å². The fraction of sp³-hybridized carbons (Fsp3) is 0.818. The highest BCUT2D eigenvalue weighted by Gasteiger charge is 2.63. The van der Waals surface area contributed by atoms with Gasteiger partial charge in [0.2, 0.25) is 5.91 Å². The highest BCUT2D eigenvalue weighted by atomic mass is 16.8. The molecule has 20 heavy (non-hydrogen) atoms. The van der Waals surface area contributed by atoms with E-state index in [2.05, 4.69) is 5.32 Å². The number of rotatable bonds is 4. The molecule has 2 rings (SSSR count). The monoisotopic (exact) mass is 291 g/mol. The summed E-state index contributed by atoms with van der Waals surface area (Å²) < 4.78 is 10.5. The lowest BCUT2D eigenvalue weighted by molar-refractivity contribution is -0.234. The highest BCUT2D eigenvalue weighted by molar-refractivity contribution is 5.77. The average Bonchev–Trinajstić information content (AvgIpc) is 2.70. The molecule has 9 nitrogen and oxygen atoms in total. The number of fused-ring (bicyclic) bond motifs is 2. The molecule has 1 amide bonds. The van der Waals surface area contributed by atoms with Crippen LogP contribution in [0.1, 0.15) is 13.3 Å². The van der Waals surface area contributed by atoms with Crippen LogP contribution in [0.25, 0.3) is 0 Å². The first-order valence-electron chi connectivity index (χ1n) is 6.14. The lowest BCUT2D eigenvalue weighted by atomic mass is 9.92. The SMILES string of the molecule is CC(=O)N[C@H]1[C@H]2O[C@@](C(=O)O)(C[C@@H]1O)O[C@@H]2[C@H](O)CO. The molecule has 0 unspecified atom stereocenters. The summed E-state index contributed by atoms with van der Waals surface area (Å²) >= 11 is 0. The molecule has 0 aromatic heterocycles. The Hall–Kier alpha value is -1.26. The zero-order valence-corrected chi connectivity index (χ0v) is 10.7. The molecule has 0 spiro atoms. The van der Waals surface area contributed by atoms with Crippen LogP contribution in [-0.4, -0.2) is 75.2 Å². The molecule has 5 N–H and O–H groups in total. The van der Waals surface area contributed by atoms with Gasteiger partial charge in [0.15, 0.2) is 0 Å². The summed E-state index contributed by atoms with van der Waals surface area (Å²) in [5.41, 5.74) is 0. The molecule has 0 aromatic carbocycles. The van der Waals surface area contributed by atoms with Crippen molar-refractivity contribution in [2.45, 2.75) is 49.6 Å². The maximum atomic E-state index is 11.3. The second kappa shape index (κ2) is 5.26. The van der Waals surface area contributed by atoms with Crippen molar-refractivity contribution in [3.63, 3.8) is 0 Å². The van der Waals surface area contributed by atoms with Gasteiger partial charge in [-0.05, 0) is 0 Å². The van der Waals surface area contributed by atoms with Gasteiger partial charge in [0.25, 0.3) is 5.79 Å². The Morgan fingerprint density at radius 3 is 2.60 bits per heavy atom. The molecule has 2 fully saturated rings. The van der Waals surface area contributed by atoms with Gasteiger partial charge in [0, 0.05) is 13.3 Å². The number of carbonyl (C=O) groups is 2. The van der Waals surface area contributed by atoms with Crippen LogP contribution < -0.4 is 5.32 Å². The molecular formula is C11H17NO8. The summed E-state index contributed by atoms with van der Waals surface area (Å²) in [5, 5.41) is 40.3. The Kier molecular flexibility index (Phi) is 3.98. The summed E-state index contributed by atoms with van der Waals surface area (Å²) in [6.07, 6.45) is -5.21. The lowest BCUT2D eigenvalue weighted by Crippen LogP contribution is -2.60. The first kappa shape index (κ1) is 15.1. The van der Waals surface area contributed by atoms with Crippen molar-refractivity contribution in [1.29, 1.82) is 0 Å². The van der Waals surface area contributed by atoms with E-state index in [1.165, 1.54) is 6.92 Å². The number of carbonyl (C=O) groups excluding carboxylic acids is 1. The molecule has 2 aliphatic rings. The molecule has 9 heteroatoms. The molecule has 0 saturated carbocycles. The van der Waals surface area contributed by atoms with E-state index in [0.29, 0.717) is 0 Å². The van der Waals surface area contributed by atoms with Crippen LogP contribution in [0.4, 0.5) is 0 Å². The minimum Gasteiger partial charge on any atom is -0.477 e. The minimum atomic E-state index is -2.07. The van der Waals surface area contributed by atoms with Gasteiger partial charge in [-0.15, -0.1) is 0 Å². The van der Waals surface area contributed by atoms with Crippen LogP contribution >= 0.6 is 0 Å². The number of hydrogen-bond donors (Lipinski definition) is 5. The van der Waals surface area contributed by atoms with E-state index in [-0.39, 0.29) is 0 Å². The second-order valence-corrected chi connectivity index (χ2v) is 4.97. The number of carboxylic acids is 1. The summed E-state index contributed by atoms with van der Waals surface area (Å²) in [6, 6.07) is -0.923. The number of hydrogen-bond acceptors (Lipinski definition) is 7. The fourth-order valence-corrected chi connectivity index (χ4v) is 2.60. The van der Waals surface area contributed by atoms with Crippen molar-refractivity contribution in [3.8, 4) is 0 Å². The van der Waals surface area contributed by atoms with Gasteiger partial charge in [-0.25, -0.2) is 4.79 Å². The van der Waals surface area contributed by atoms with Crippen LogP contribution in [0.3, 0.4) is 0 Å². The zero-order valence-electron chi connectivity index (χ0n) is 10.7. The topological polar surface area (TPSA) is 146 Å². The maximum absolute atomic E-state index is 11.3. The van der Waals surface area contributed by atoms with Crippen molar-refractivity contribution < 1.29 is 39.5 Å². The molecule has 0 aliphatic carbocycles. The van der Waals surface area contributed by atoms with E-state index < -0.39 is 61.1 Å². The summed E-state index contributed by atoms with van der Waals surface area (Å²) in [7, 11) is 0. The Morgan fingerprint density at radius 1 is 1.45 bits per heavy atom. The number of carboxylic acid groups (broad SMARTS) is 1. The summed E-state index contributed by atoms with van der Waals surface area (Å²) in [6.45, 7) is 0.572. The Balaban J connectivity index is 2.30. The van der Waals surface area contributed by atoms with Crippen LogP contribution in [0.5, 0.6) is 0 Å². The van der Waals surface area contributed by atoms with Gasteiger partial charge in [0.05, 0.1) is 18.8 Å². The Labute approximate surface area is 114 Å². The van der Waals surface area contributed by atoms with Crippen molar-refractivity contribution in [3.05, 3.63) is 0 Å².